The van der Waals surface area contributed by atoms with Gasteiger partial charge in [0.25, 0.3) is 0 Å². The molecular weight excluding hydrogens is 384 g/mol. The maximum atomic E-state index is 13.6. The summed E-state index contributed by atoms with van der Waals surface area (Å²) in [5.74, 6) is -2.49. The number of fused-ring (bicyclic) bond motifs is 1. The Morgan fingerprint density at radius 1 is 1.23 bits per heavy atom. The summed E-state index contributed by atoms with van der Waals surface area (Å²) in [6, 6.07) is 8.72. The standard InChI is InChI=1S/C23H28N2O5/c1-5-29-21(28)16-15-11-12-23(30-15)17(16)20(27)25(22(2,3)4)18(23)19(26)24-13-14-9-7-6-8-10-14/h6-12,15-18H,5,13H2,1-4H3,(H,24,26)/t15?,16-,17-,18+,23?/m0/s1. The number of amides is 2. The fraction of sp³-hybridized carbons (Fsp3) is 0.522. The van der Waals surface area contributed by atoms with E-state index in [-0.39, 0.29) is 18.4 Å². The first kappa shape index (κ1) is 20.6. The van der Waals surface area contributed by atoms with Gasteiger partial charge in [0.05, 0.1) is 18.6 Å². The van der Waals surface area contributed by atoms with E-state index in [0.29, 0.717) is 6.54 Å². The van der Waals surface area contributed by atoms with Gasteiger partial charge >= 0.3 is 5.97 Å². The molecule has 1 aromatic rings. The van der Waals surface area contributed by atoms with E-state index in [2.05, 4.69) is 5.32 Å². The van der Waals surface area contributed by atoms with E-state index < -0.39 is 41.1 Å². The molecule has 0 radical (unpaired) electrons. The van der Waals surface area contributed by atoms with Crippen LogP contribution in [0.25, 0.3) is 0 Å². The van der Waals surface area contributed by atoms with Crippen molar-refractivity contribution in [2.75, 3.05) is 6.61 Å². The predicted molar refractivity (Wildman–Crippen MR) is 109 cm³/mol. The summed E-state index contributed by atoms with van der Waals surface area (Å²) in [4.78, 5) is 41.2. The molecule has 30 heavy (non-hydrogen) atoms. The number of nitrogens with zero attached hydrogens (tertiary/aromatic N) is 1. The molecule has 160 valence electrons. The lowest BCUT2D eigenvalue weighted by molar-refractivity contribution is -0.155. The molecule has 1 spiro atoms. The first-order valence-corrected chi connectivity index (χ1v) is 10.4. The molecule has 2 unspecified atom stereocenters. The Morgan fingerprint density at radius 2 is 1.93 bits per heavy atom. The minimum absolute atomic E-state index is 0.226. The zero-order valence-electron chi connectivity index (χ0n) is 17.8. The van der Waals surface area contributed by atoms with Gasteiger partial charge in [0.15, 0.2) is 0 Å². The van der Waals surface area contributed by atoms with Crippen molar-refractivity contribution in [3.63, 3.8) is 0 Å². The molecule has 0 saturated carbocycles. The average molecular weight is 412 g/mol. The van der Waals surface area contributed by atoms with Crippen molar-refractivity contribution in [2.45, 2.75) is 57.5 Å². The zero-order valence-corrected chi connectivity index (χ0v) is 17.8. The topological polar surface area (TPSA) is 84.9 Å². The van der Waals surface area contributed by atoms with Gasteiger partial charge in [-0.15, -0.1) is 0 Å². The Labute approximate surface area is 176 Å². The highest BCUT2D eigenvalue weighted by atomic mass is 16.6. The molecule has 0 aromatic heterocycles. The normalized spacial score (nSPS) is 31.7. The van der Waals surface area contributed by atoms with Crippen LogP contribution in [0, 0.1) is 11.8 Å². The van der Waals surface area contributed by atoms with Crippen LogP contribution in [-0.2, 0) is 30.4 Å². The van der Waals surface area contributed by atoms with Gasteiger partial charge < -0.3 is 19.7 Å². The van der Waals surface area contributed by atoms with E-state index >= 15 is 0 Å². The van der Waals surface area contributed by atoms with E-state index in [1.165, 1.54) is 0 Å². The van der Waals surface area contributed by atoms with E-state index in [1.54, 1.807) is 24.0 Å². The second-order valence-electron chi connectivity index (χ2n) is 9.04. The molecule has 5 atom stereocenters. The number of hydrogen-bond acceptors (Lipinski definition) is 5. The smallest absolute Gasteiger partial charge is 0.312 e. The molecule has 0 aliphatic carbocycles. The average Bonchev–Trinajstić information content (AvgIpc) is 3.34. The van der Waals surface area contributed by atoms with Crippen molar-refractivity contribution < 1.29 is 23.9 Å². The van der Waals surface area contributed by atoms with Crippen molar-refractivity contribution >= 4 is 17.8 Å². The molecule has 1 aromatic carbocycles. The number of likely N-dealkylation sites (tertiary alicyclic amines) is 1. The van der Waals surface area contributed by atoms with Gasteiger partial charge in [-0.1, -0.05) is 42.5 Å². The third kappa shape index (κ3) is 3.03. The summed E-state index contributed by atoms with van der Waals surface area (Å²) in [5, 5.41) is 2.96. The van der Waals surface area contributed by atoms with Crippen molar-refractivity contribution in [1.82, 2.24) is 10.2 Å². The van der Waals surface area contributed by atoms with Crippen molar-refractivity contribution in [2.24, 2.45) is 11.8 Å². The second-order valence-corrected chi connectivity index (χ2v) is 9.04. The Bertz CT molecular complexity index is 891. The monoisotopic (exact) mass is 412 g/mol. The third-order valence-electron chi connectivity index (χ3n) is 6.11. The van der Waals surface area contributed by atoms with Crippen LogP contribution in [0.4, 0.5) is 0 Å². The maximum absolute atomic E-state index is 13.6. The van der Waals surface area contributed by atoms with Crippen LogP contribution in [0.2, 0.25) is 0 Å². The van der Waals surface area contributed by atoms with Gasteiger partial charge in [0.2, 0.25) is 11.8 Å². The molecule has 3 aliphatic heterocycles. The number of rotatable bonds is 5. The van der Waals surface area contributed by atoms with E-state index in [1.807, 2.05) is 51.1 Å². The van der Waals surface area contributed by atoms with Crippen LogP contribution in [0.3, 0.4) is 0 Å². The fourth-order valence-corrected chi connectivity index (χ4v) is 4.98. The first-order chi connectivity index (χ1) is 14.2. The number of esters is 1. The molecule has 2 bridgehead atoms. The molecule has 7 nitrogen and oxygen atoms in total. The van der Waals surface area contributed by atoms with Crippen molar-refractivity contribution in [3.05, 3.63) is 48.0 Å². The Balaban J connectivity index is 1.68. The number of hydrogen-bond donors (Lipinski definition) is 1. The quantitative estimate of drug-likeness (QED) is 0.589. The number of benzene rings is 1. The maximum Gasteiger partial charge on any atom is 0.312 e. The molecule has 7 heteroatoms. The van der Waals surface area contributed by atoms with Crippen LogP contribution in [-0.4, -0.2) is 52.6 Å². The molecular formula is C23H28N2O5. The summed E-state index contributed by atoms with van der Waals surface area (Å²) < 4.78 is 11.4. The third-order valence-corrected chi connectivity index (χ3v) is 6.11. The van der Waals surface area contributed by atoms with Crippen LogP contribution in [0.5, 0.6) is 0 Å². The molecule has 1 N–H and O–H groups in total. The van der Waals surface area contributed by atoms with Crippen LogP contribution in [0.1, 0.15) is 33.3 Å². The van der Waals surface area contributed by atoms with E-state index in [0.717, 1.165) is 5.56 Å². The Morgan fingerprint density at radius 3 is 2.57 bits per heavy atom. The summed E-state index contributed by atoms with van der Waals surface area (Å²) in [5.41, 5.74) is -0.824. The van der Waals surface area contributed by atoms with Gasteiger partial charge in [-0.05, 0) is 33.3 Å². The molecule has 3 aliphatic rings. The predicted octanol–water partition coefficient (Wildman–Crippen LogP) is 1.81. The Hall–Kier alpha value is -2.67. The number of ether oxygens (including phenoxy) is 2. The largest absolute Gasteiger partial charge is 0.466 e. The van der Waals surface area contributed by atoms with Crippen molar-refractivity contribution in [3.8, 4) is 0 Å². The van der Waals surface area contributed by atoms with E-state index in [4.69, 9.17) is 9.47 Å². The highest BCUT2D eigenvalue weighted by Gasteiger charge is 2.74. The van der Waals surface area contributed by atoms with Crippen molar-refractivity contribution in [1.29, 1.82) is 0 Å². The lowest BCUT2D eigenvalue weighted by Gasteiger charge is -2.39. The zero-order chi connectivity index (χ0) is 21.7. The summed E-state index contributed by atoms with van der Waals surface area (Å²) in [7, 11) is 0. The highest BCUT2D eigenvalue weighted by molar-refractivity contribution is 5.99. The minimum Gasteiger partial charge on any atom is -0.466 e. The number of carbonyl (C=O) groups excluding carboxylic acids is 3. The minimum atomic E-state index is -1.16. The summed E-state index contributed by atoms with van der Waals surface area (Å²) >= 11 is 0. The van der Waals surface area contributed by atoms with Crippen LogP contribution < -0.4 is 5.32 Å². The van der Waals surface area contributed by atoms with Gasteiger partial charge in [-0.25, -0.2) is 0 Å². The number of carbonyl (C=O) groups is 3. The first-order valence-electron chi connectivity index (χ1n) is 10.4. The van der Waals surface area contributed by atoms with Crippen LogP contribution in [0.15, 0.2) is 42.5 Å². The molecule has 4 rings (SSSR count). The van der Waals surface area contributed by atoms with Crippen LogP contribution >= 0.6 is 0 Å². The lowest BCUT2D eigenvalue weighted by Crippen LogP contribution is -2.59. The highest BCUT2D eigenvalue weighted by Crippen LogP contribution is 2.56. The second kappa shape index (κ2) is 7.23. The van der Waals surface area contributed by atoms with E-state index in [9.17, 15) is 14.4 Å². The number of nitrogens with one attached hydrogen (secondary N) is 1. The fourth-order valence-electron chi connectivity index (χ4n) is 4.98. The van der Waals surface area contributed by atoms with Gasteiger partial charge in [0, 0.05) is 12.1 Å². The Kier molecular flexibility index (Phi) is 4.97. The lowest BCUT2D eigenvalue weighted by atomic mass is 9.74. The molecule has 2 saturated heterocycles. The van der Waals surface area contributed by atoms with Gasteiger partial charge in [-0.2, -0.15) is 0 Å². The summed E-state index contributed by atoms with van der Waals surface area (Å²) in [6.07, 6.45) is 3.04. The van der Waals surface area contributed by atoms with Gasteiger partial charge in [0.1, 0.15) is 17.6 Å². The van der Waals surface area contributed by atoms with Gasteiger partial charge in [-0.3, -0.25) is 14.4 Å². The molecule has 2 fully saturated rings. The summed E-state index contributed by atoms with van der Waals surface area (Å²) in [6.45, 7) is 7.96. The molecule has 2 amide bonds. The molecule has 3 heterocycles. The SMILES string of the molecule is CCOC(=O)[C@H]1C2C=CC3(O2)[C@@H]1C(=O)N(C(C)(C)C)[C@@H]3C(=O)NCc1ccccc1.